The summed E-state index contributed by atoms with van der Waals surface area (Å²) in [4.78, 5) is 5.27. The van der Waals surface area contributed by atoms with Crippen LogP contribution in [0.2, 0.25) is 0 Å². The van der Waals surface area contributed by atoms with Gasteiger partial charge in [-0.25, -0.2) is 4.98 Å². The number of rotatable bonds is 6. The van der Waals surface area contributed by atoms with Crippen molar-refractivity contribution in [3.63, 3.8) is 0 Å². The molecule has 0 fully saturated rings. The molecule has 1 aliphatic heterocycles. The zero-order valence-electron chi connectivity index (χ0n) is 31.0. The third kappa shape index (κ3) is 5.32. The van der Waals surface area contributed by atoms with E-state index in [0.29, 0.717) is 17.2 Å². The van der Waals surface area contributed by atoms with E-state index < -0.39 is 5.41 Å². The molecule has 0 amide bonds. The van der Waals surface area contributed by atoms with Gasteiger partial charge in [0.2, 0.25) is 0 Å². The van der Waals surface area contributed by atoms with Crippen molar-refractivity contribution >= 4 is 0 Å². The van der Waals surface area contributed by atoms with Gasteiger partial charge in [0.1, 0.15) is 0 Å². The molecule has 3 heteroatoms. The van der Waals surface area contributed by atoms with Crippen molar-refractivity contribution in [1.29, 1.82) is 0 Å². The SMILES string of the molecule is c1ccc(-c2cc(-c3ccccc3)nc(-c3ccccc3-c3ccc4c(c3)Oc3c(ccc5c3-c3ccccc3C5(c3ccccc3)c3ccccc3)O4)c2)cc1. The van der Waals surface area contributed by atoms with E-state index in [4.69, 9.17) is 14.5 Å². The molecule has 268 valence electrons. The lowest BCUT2D eigenvalue weighted by Crippen LogP contribution is -2.28. The van der Waals surface area contributed by atoms with E-state index >= 15 is 0 Å². The first-order valence-electron chi connectivity index (χ1n) is 19.4. The lowest BCUT2D eigenvalue weighted by molar-refractivity contribution is 0.360. The monoisotopic (exact) mass is 729 g/mol. The normalized spacial score (nSPS) is 13.0. The van der Waals surface area contributed by atoms with Gasteiger partial charge >= 0.3 is 0 Å². The molecule has 0 N–H and O–H groups in total. The fourth-order valence-corrected chi connectivity index (χ4v) is 8.91. The first kappa shape index (κ1) is 32.9. The molecule has 1 aliphatic carbocycles. The quantitative estimate of drug-likeness (QED) is 0.171. The molecule has 8 aromatic carbocycles. The van der Waals surface area contributed by atoms with Crippen LogP contribution in [0.1, 0.15) is 22.3 Å². The van der Waals surface area contributed by atoms with Crippen LogP contribution in [0, 0.1) is 0 Å². The molecule has 2 heterocycles. The molecular weight excluding hydrogens is 695 g/mol. The highest BCUT2D eigenvalue weighted by Crippen LogP contribution is 2.62. The Bertz CT molecular complexity index is 2840. The van der Waals surface area contributed by atoms with Gasteiger partial charge in [0.15, 0.2) is 23.0 Å². The Labute approximate surface area is 332 Å². The highest BCUT2D eigenvalue weighted by Gasteiger charge is 2.48. The van der Waals surface area contributed by atoms with Crippen LogP contribution in [0.4, 0.5) is 0 Å². The van der Waals surface area contributed by atoms with Crippen LogP contribution >= 0.6 is 0 Å². The van der Waals surface area contributed by atoms with Crippen LogP contribution in [-0.4, -0.2) is 4.98 Å². The Morgan fingerprint density at radius 2 is 0.895 bits per heavy atom. The molecule has 3 nitrogen and oxygen atoms in total. The maximum Gasteiger partial charge on any atom is 0.178 e. The molecule has 0 saturated heterocycles. The van der Waals surface area contributed by atoms with Crippen LogP contribution in [0.15, 0.2) is 212 Å². The van der Waals surface area contributed by atoms with Gasteiger partial charge in [-0.2, -0.15) is 0 Å². The summed E-state index contributed by atoms with van der Waals surface area (Å²) in [6, 6.07) is 74.7. The predicted molar refractivity (Wildman–Crippen MR) is 230 cm³/mol. The van der Waals surface area contributed by atoms with Crippen LogP contribution in [0.5, 0.6) is 23.0 Å². The third-order valence-corrected chi connectivity index (χ3v) is 11.4. The molecule has 2 aliphatic rings. The number of hydrogen-bond donors (Lipinski definition) is 0. The fraction of sp³-hybridized carbons (Fsp3) is 0.0185. The van der Waals surface area contributed by atoms with Gasteiger partial charge in [0.05, 0.1) is 16.8 Å². The molecule has 9 aromatic rings. The zero-order chi connectivity index (χ0) is 37.8. The van der Waals surface area contributed by atoms with Crippen LogP contribution in [-0.2, 0) is 5.41 Å². The van der Waals surface area contributed by atoms with Crippen LogP contribution in [0.25, 0.3) is 55.9 Å². The van der Waals surface area contributed by atoms with Gasteiger partial charge in [-0.05, 0) is 80.4 Å². The maximum atomic E-state index is 7.06. The van der Waals surface area contributed by atoms with E-state index in [1.165, 1.54) is 22.3 Å². The summed E-state index contributed by atoms with van der Waals surface area (Å²) in [7, 11) is 0. The van der Waals surface area contributed by atoms with E-state index in [0.717, 1.165) is 61.6 Å². The lowest BCUT2D eigenvalue weighted by Gasteiger charge is -2.34. The van der Waals surface area contributed by atoms with Gasteiger partial charge in [-0.15, -0.1) is 0 Å². The molecule has 1 aromatic heterocycles. The molecule has 57 heavy (non-hydrogen) atoms. The first-order valence-corrected chi connectivity index (χ1v) is 19.4. The molecule has 0 unspecified atom stereocenters. The summed E-state index contributed by atoms with van der Waals surface area (Å²) in [5.41, 5.74) is 14.8. The number of aromatic nitrogens is 1. The Hall–Kier alpha value is -7.49. The smallest absolute Gasteiger partial charge is 0.178 e. The van der Waals surface area contributed by atoms with Gasteiger partial charge in [-0.3, -0.25) is 0 Å². The number of fused-ring (bicyclic) bond motifs is 6. The molecule has 11 rings (SSSR count). The maximum absolute atomic E-state index is 7.06. The summed E-state index contributed by atoms with van der Waals surface area (Å²) in [6.07, 6.45) is 0. The molecular formula is C54H35NO2. The van der Waals surface area contributed by atoms with E-state index in [2.05, 4.69) is 200 Å². The van der Waals surface area contributed by atoms with Crippen molar-refractivity contribution in [2.45, 2.75) is 5.41 Å². The van der Waals surface area contributed by atoms with Crippen LogP contribution in [0.3, 0.4) is 0 Å². The molecule has 0 bridgehead atoms. The second-order valence-electron chi connectivity index (χ2n) is 14.6. The van der Waals surface area contributed by atoms with Gasteiger partial charge < -0.3 is 9.47 Å². The highest BCUT2D eigenvalue weighted by molar-refractivity contribution is 5.92. The number of hydrogen-bond acceptors (Lipinski definition) is 3. The largest absolute Gasteiger partial charge is 0.449 e. The average Bonchev–Trinajstić information content (AvgIpc) is 3.61. The van der Waals surface area contributed by atoms with Gasteiger partial charge in [-0.1, -0.05) is 182 Å². The van der Waals surface area contributed by atoms with Crippen molar-refractivity contribution in [2.24, 2.45) is 0 Å². The van der Waals surface area contributed by atoms with Gasteiger partial charge in [0, 0.05) is 16.7 Å². The summed E-state index contributed by atoms with van der Waals surface area (Å²) >= 11 is 0. The Morgan fingerprint density at radius 1 is 0.333 bits per heavy atom. The highest BCUT2D eigenvalue weighted by atomic mass is 16.6. The van der Waals surface area contributed by atoms with Crippen LogP contribution < -0.4 is 9.47 Å². The lowest BCUT2D eigenvalue weighted by atomic mass is 9.68. The topological polar surface area (TPSA) is 31.4 Å². The summed E-state index contributed by atoms with van der Waals surface area (Å²) < 4.78 is 13.8. The standard InChI is InChI=1S/C54H35NO2/c1-5-17-36(18-6-1)39-33-47(37-19-7-2-8-20-37)55-48(34-39)43-26-14-13-25-42(43)38-29-31-49-51(35-38)57-53-50(56-49)32-30-46-52(53)44-27-15-16-28-45(44)54(46,40-21-9-3-10-22-40)41-23-11-4-12-24-41/h1-35H. The zero-order valence-corrected chi connectivity index (χ0v) is 31.0. The van der Waals surface area contributed by atoms with Crippen molar-refractivity contribution in [3.8, 4) is 78.9 Å². The van der Waals surface area contributed by atoms with E-state index in [9.17, 15) is 0 Å². The molecule has 0 spiro atoms. The van der Waals surface area contributed by atoms with Crippen molar-refractivity contribution in [2.75, 3.05) is 0 Å². The second-order valence-corrected chi connectivity index (χ2v) is 14.6. The predicted octanol–water partition coefficient (Wildman–Crippen LogP) is 14.0. The van der Waals surface area contributed by atoms with E-state index in [1.807, 2.05) is 12.1 Å². The summed E-state index contributed by atoms with van der Waals surface area (Å²) in [5, 5.41) is 0. The number of ether oxygens (including phenoxy) is 2. The molecule has 0 radical (unpaired) electrons. The minimum absolute atomic E-state index is 0.534. The summed E-state index contributed by atoms with van der Waals surface area (Å²) in [5.74, 6) is 2.80. The summed E-state index contributed by atoms with van der Waals surface area (Å²) in [6.45, 7) is 0. The van der Waals surface area contributed by atoms with Gasteiger partial charge in [0.25, 0.3) is 0 Å². The Kier molecular flexibility index (Phi) is 7.71. The first-order chi connectivity index (χ1) is 28.3. The average molecular weight is 730 g/mol. The third-order valence-electron chi connectivity index (χ3n) is 11.4. The van der Waals surface area contributed by atoms with E-state index in [1.54, 1.807) is 0 Å². The Balaban J connectivity index is 1.05. The minimum atomic E-state index is -0.534. The minimum Gasteiger partial charge on any atom is -0.449 e. The number of benzene rings is 8. The van der Waals surface area contributed by atoms with Crippen molar-refractivity contribution in [3.05, 3.63) is 235 Å². The van der Waals surface area contributed by atoms with Crippen molar-refractivity contribution < 1.29 is 9.47 Å². The molecule has 0 saturated carbocycles. The van der Waals surface area contributed by atoms with E-state index in [-0.39, 0.29) is 0 Å². The Morgan fingerprint density at radius 3 is 1.60 bits per heavy atom. The molecule has 0 atom stereocenters. The number of nitrogens with zero attached hydrogens (tertiary/aromatic N) is 1. The number of pyridine rings is 1. The van der Waals surface area contributed by atoms with Crippen molar-refractivity contribution in [1.82, 2.24) is 4.98 Å². The second kappa shape index (κ2) is 13.4. The fourth-order valence-electron chi connectivity index (χ4n) is 8.91.